The molecule has 2 heterocycles. The fourth-order valence-electron chi connectivity index (χ4n) is 3.43. The summed E-state index contributed by atoms with van der Waals surface area (Å²) in [4.78, 5) is 27.3. The lowest BCUT2D eigenvalue weighted by atomic mass is 10.0. The highest BCUT2D eigenvalue weighted by Crippen LogP contribution is 2.38. The topological polar surface area (TPSA) is 103 Å². The predicted molar refractivity (Wildman–Crippen MR) is 122 cm³/mol. The Morgan fingerprint density at radius 1 is 1.09 bits per heavy atom. The molecule has 0 spiro atoms. The molecular weight excluding hydrogens is 468 g/mol. The molecular formula is C23H16ClF2N5O3. The molecule has 2 aromatic heterocycles. The van der Waals surface area contributed by atoms with Gasteiger partial charge in [-0.05, 0) is 48.0 Å². The van der Waals surface area contributed by atoms with Crippen LogP contribution in [0.25, 0.3) is 22.4 Å². The van der Waals surface area contributed by atoms with Crippen molar-refractivity contribution in [1.29, 1.82) is 0 Å². The number of non-ortho nitro benzene ring substituents is 1. The molecule has 4 rings (SSSR count). The van der Waals surface area contributed by atoms with Crippen molar-refractivity contribution in [3.8, 4) is 22.4 Å². The van der Waals surface area contributed by atoms with Crippen LogP contribution in [0, 0.1) is 21.7 Å². The predicted octanol–water partition coefficient (Wildman–Crippen LogP) is 5.25. The van der Waals surface area contributed by atoms with Crippen LogP contribution in [-0.4, -0.2) is 25.6 Å². The summed E-state index contributed by atoms with van der Waals surface area (Å²) in [7, 11) is 1.59. The molecule has 8 nitrogen and oxygen atoms in total. The minimum atomic E-state index is -1.56. The number of aromatic nitrogens is 3. The third-order valence-corrected chi connectivity index (χ3v) is 5.50. The van der Waals surface area contributed by atoms with Crippen LogP contribution in [-0.2, 0) is 11.8 Å². The van der Waals surface area contributed by atoms with E-state index in [1.165, 1.54) is 16.8 Å². The zero-order valence-corrected chi connectivity index (χ0v) is 18.3. The number of amides is 1. The summed E-state index contributed by atoms with van der Waals surface area (Å²) >= 11 is 6.22. The zero-order chi connectivity index (χ0) is 24.4. The maximum Gasteiger partial charge on any atom is 0.269 e. The first-order valence-electron chi connectivity index (χ1n) is 9.88. The van der Waals surface area contributed by atoms with Gasteiger partial charge >= 0.3 is 0 Å². The number of nitrogens with one attached hydrogen (secondary N) is 1. The fourth-order valence-corrected chi connectivity index (χ4v) is 3.65. The summed E-state index contributed by atoms with van der Waals surface area (Å²) in [5, 5.41) is 16.6. The van der Waals surface area contributed by atoms with E-state index in [4.69, 9.17) is 11.6 Å². The van der Waals surface area contributed by atoms with Crippen LogP contribution >= 0.6 is 11.6 Å². The van der Waals surface area contributed by atoms with Crippen molar-refractivity contribution >= 4 is 29.0 Å². The molecule has 0 aliphatic carbocycles. The third-order valence-electron chi connectivity index (χ3n) is 5.07. The number of nitro groups is 1. The quantitative estimate of drug-likeness (QED) is 0.229. The van der Waals surface area contributed by atoms with Gasteiger partial charge in [-0.3, -0.25) is 24.6 Å². The molecule has 0 saturated heterocycles. The molecule has 172 valence electrons. The van der Waals surface area contributed by atoms with Gasteiger partial charge in [0.25, 0.3) is 5.69 Å². The summed E-state index contributed by atoms with van der Waals surface area (Å²) < 4.78 is 29.2. The fraction of sp³-hybridized carbons (Fsp3) is 0.0870. The van der Waals surface area contributed by atoms with Gasteiger partial charge in [0.15, 0.2) is 0 Å². The number of anilines is 1. The maximum atomic E-state index is 14.3. The van der Waals surface area contributed by atoms with Gasteiger partial charge in [-0.2, -0.15) is 5.10 Å². The van der Waals surface area contributed by atoms with Crippen LogP contribution < -0.4 is 5.32 Å². The first-order chi connectivity index (χ1) is 16.3. The normalized spacial score (nSPS) is 11.8. The zero-order valence-electron chi connectivity index (χ0n) is 17.6. The van der Waals surface area contributed by atoms with Crippen molar-refractivity contribution in [3.63, 3.8) is 0 Å². The number of carbonyl (C=O) groups is 1. The molecule has 1 N–H and O–H groups in total. The number of carbonyl (C=O) groups excluding carboxylic acids is 1. The molecule has 11 heteroatoms. The average Bonchev–Trinajstić information content (AvgIpc) is 3.15. The number of benzene rings is 2. The van der Waals surface area contributed by atoms with E-state index in [-0.39, 0.29) is 11.4 Å². The monoisotopic (exact) mass is 483 g/mol. The van der Waals surface area contributed by atoms with Crippen molar-refractivity contribution in [2.75, 3.05) is 5.32 Å². The molecule has 0 bridgehead atoms. The Balaban J connectivity index is 1.76. The van der Waals surface area contributed by atoms with E-state index >= 15 is 0 Å². The average molecular weight is 484 g/mol. The summed E-state index contributed by atoms with van der Waals surface area (Å²) in [5.74, 6) is -1.84. The summed E-state index contributed by atoms with van der Waals surface area (Å²) in [6.07, 6.45) is 3.12. The van der Waals surface area contributed by atoms with Gasteiger partial charge in [0.1, 0.15) is 28.5 Å². The summed E-state index contributed by atoms with van der Waals surface area (Å²) in [6, 6.07) is 11.9. The van der Waals surface area contributed by atoms with Crippen molar-refractivity contribution in [2.24, 2.45) is 7.05 Å². The van der Waals surface area contributed by atoms with Crippen molar-refractivity contribution in [3.05, 3.63) is 94.3 Å². The standard InChI is InChI=1S/C23H16ClF2N5O3/c1-30-22(28-23(32)20(24)17-12-16(31(33)34)6-7-18(17)26)19(13-8-10-27-11-9-13)21(29-30)14-2-4-15(25)5-3-14/h2-12,20H,1H3,(H,28,32). The molecule has 0 fully saturated rings. The highest BCUT2D eigenvalue weighted by Gasteiger charge is 2.27. The number of nitrogens with zero attached hydrogens (tertiary/aromatic N) is 4. The first kappa shape index (κ1) is 23.0. The number of nitro benzene ring substituents is 1. The van der Waals surface area contributed by atoms with E-state index in [0.29, 0.717) is 22.4 Å². The number of aryl methyl sites for hydroxylation is 1. The molecule has 1 atom stereocenters. The van der Waals surface area contributed by atoms with E-state index in [1.807, 2.05) is 0 Å². The van der Waals surface area contributed by atoms with Crippen LogP contribution in [0.4, 0.5) is 20.3 Å². The lowest BCUT2D eigenvalue weighted by Gasteiger charge is -2.14. The Morgan fingerprint density at radius 3 is 2.41 bits per heavy atom. The number of alkyl halides is 1. The van der Waals surface area contributed by atoms with Crippen molar-refractivity contribution < 1.29 is 18.5 Å². The number of pyridine rings is 1. The molecule has 0 aliphatic heterocycles. The number of hydrogen-bond donors (Lipinski definition) is 1. The molecule has 4 aromatic rings. The first-order valence-corrected chi connectivity index (χ1v) is 10.3. The second kappa shape index (κ2) is 9.36. The Bertz CT molecular complexity index is 1380. The van der Waals surface area contributed by atoms with Gasteiger partial charge in [0, 0.05) is 42.7 Å². The van der Waals surface area contributed by atoms with Crippen LogP contribution in [0.15, 0.2) is 67.0 Å². The highest BCUT2D eigenvalue weighted by atomic mass is 35.5. The molecule has 34 heavy (non-hydrogen) atoms. The minimum Gasteiger partial charge on any atom is -0.309 e. The smallest absolute Gasteiger partial charge is 0.269 e. The number of rotatable bonds is 6. The Hall–Kier alpha value is -4.18. The Labute approximate surface area is 197 Å². The SMILES string of the molecule is Cn1nc(-c2ccc(F)cc2)c(-c2ccncc2)c1NC(=O)C(Cl)c1cc([N+](=O)[O-])ccc1F. The Kier molecular flexibility index (Phi) is 6.33. The van der Waals surface area contributed by atoms with E-state index in [9.17, 15) is 23.7 Å². The second-order valence-electron chi connectivity index (χ2n) is 7.25. The van der Waals surface area contributed by atoms with Crippen molar-refractivity contribution in [2.45, 2.75) is 5.38 Å². The van der Waals surface area contributed by atoms with E-state index in [2.05, 4.69) is 15.4 Å². The van der Waals surface area contributed by atoms with E-state index in [0.717, 1.165) is 18.2 Å². The molecule has 1 unspecified atom stereocenters. The summed E-state index contributed by atoms with van der Waals surface area (Å²) in [5.41, 5.74) is 1.48. The van der Waals surface area contributed by atoms with Gasteiger partial charge in [-0.15, -0.1) is 11.6 Å². The van der Waals surface area contributed by atoms with Crippen LogP contribution in [0.1, 0.15) is 10.9 Å². The van der Waals surface area contributed by atoms with Gasteiger partial charge < -0.3 is 5.32 Å². The second-order valence-corrected chi connectivity index (χ2v) is 7.69. The van der Waals surface area contributed by atoms with Gasteiger partial charge in [0.05, 0.1) is 10.5 Å². The molecule has 2 aromatic carbocycles. The molecule has 0 saturated carbocycles. The highest BCUT2D eigenvalue weighted by molar-refractivity contribution is 6.32. The van der Waals surface area contributed by atoms with Crippen molar-refractivity contribution in [1.82, 2.24) is 14.8 Å². The van der Waals surface area contributed by atoms with Gasteiger partial charge in [-0.25, -0.2) is 8.78 Å². The largest absolute Gasteiger partial charge is 0.309 e. The molecule has 0 radical (unpaired) electrons. The van der Waals surface area contributed by atoms with Crippen LogP contribution in [0.3, 0.4) is 0 Å². The third kappa shape index (κ3) is 4.48. The van der Waals surface area contributed by atoms with Gasteiger partial charge in [-0.1, -0.05) is 0 Å². The van der Waals surface area contributed by atoms with Gasteiger partial charge in [0.2, 0.25) is 5.91 Å². The number of halogens is 3. The Morgan fingerprint density at radius 2 is 1.76 bits per heavy atom. The molecule has 1 amide bonds. The lowest BCUT2D eigenvalue weighted by molar-refractivity contribution is -0.385. The van der Waals surface area contributed by atoms with E-state index in [1.54, 1.807) is 43.7 Å². The van der Waals surface area contributed by atoms with E-state index < -0.39 is 33.5 Å². The number of hydrogen-bond acceptors (Lipinski definition) is 5. The summed E-state index contributed by atoms with van der Waals surface area (Å²) in [6.45, 7) is 0. The maximum absolute atomic E-state index is 14.3. The minimum absolute atomic E-state index is 0.243. The lowest BCUT2D eigenvalue weighted by Crippen LogP contribution is -2.20. The van der Waals surface area contributed by atoms with Crippen LogP contribution in [0.5, 0.6) is 0 Å². The molecule has 0 aliphatic rings. The van der Waals surface area contributed by atoms with Crippen LogP contribution in [0.2, 0.25) is 0 Å².